The van der Waals surface area contributed by atoms with Crippen molar-refractivity contribution in [2.24, 2.45) is 0 Å². The third-order valence-corrected chi connectivity index (χ3v) is 3.44. The summed E-state index contributed by atoms with van der Waals surface area (Å²) in [5, 5.41) is 0. The molecule has 0 aliphatic rings. The number of carbonyl (C=O) groups excluding carboxylic acids is 2. The molecule has 0 atom stereocenters. The molecule has 0 saturated heterocycles. The molecular formula is C9H14O5Si. The quantitative estimate of drug-likeness (QED) is 0.503. The van der Waals surface area contributed by atoms with Crippen molar-refractivity contribution in [3.8, 4) is 0 Å². The van der Waals surface area contributed by atoms with Crippen LogP contribution in [-0.2, 0) is 22.9 Å². The van der Waals surface area contributed by atoms with Gasteiger partial charge >= 0.3 is 8.80 Å². The van der Waals surface area contributed by atoms with Crippen LogP contribution in [0.5, 0.6) is 0 Å². The highest BCUT2D eigenvalue weighted by molar-refractivity contribution is 6.69. The molecule has 0 N–H and O–H groups in total. The molecule has 0 saturated carbocycles. The molecule has 5 nitrogen and oxygen atoms in total. The van der Waals surface area contributed by atoms with E-state index in [1.165, 1.54) is 25.6 Å². The van der Waals surface area contributed by atoms with Crippen molar-refractivity contribution in [2.45, 2.75) is 13.8 Å². The minimum Gasteiger partial charge on any atom is -0.461 e. The van der Waals surface area contributed by atoms with Gasteiger partial charge in [0, 0.05) is 19.5 Å². The van der Waals surface area contributed by atoms with Gasteiger partial charge in [0.2, 0.25) is 0 Å². The summed E-state index contributed by atoms with van der Waals surface area (Å²) in [5.41, 5.74) is 1.22. The first-order valence-electron chi connectivity index (χ1n) is 4.23. The normalized spacial score (nSPS) is 10.3. The second kappa shape index (κ2) is 6.15. The molecule has 6 heteroatoms. The third kappa shape index (κ3) is 5.14. The van der Waals surface area contributed by atoms with Crippen molar-refractivity contribution in [3.63, 3.8) is 0 Å². The molecular weight excluding hydrogens is 216 g/mol. The van der Waals surface area contributed by atoms with E-state index in [-0.39, 0.29) is 6.61 Å². The molecule has 0 aliphatic heterocycles. The standard InChI is InChI=1S/C9H14O5Si/c1-5-7-12-15(6-2,13-8(3)10)14-9(4)11/h5-6H,1-2,7H2,3-4H3. The summed E-state index contributed by atoms with van der Waals surface area (Å²) >= 11 is 0. The van der Waals surface area contributed by atoms with Crippen LogP contribution in [0.2, 0.25) is 0 Å². The number of hydrogen-bond donors (Lipinski definition) is 0. The van der Waals surface area contributed by atoms with E-state index >= 15 is 0 Å². The highest BCUT2D eigenvalue weighted by Crippen LogP contribution is 2.11. The van der Waals surface area contributed by atoms with E-state index in [4.69, 9.17) is 13.3 Å². The van der Waals surface area contributed by atoms with E-state index in [2.05, 4.69) is 13.2 Å². The maximum atomic E-state index is 10.8. The van der Waals surface area contributed by atoms with Crippen LogP contribution in [0.1, 0.15) is 13.8 Å². The summed E-state index contributed by atoms with van der Waals surface area (Å²) in [6.45, 7) is 9.39. The average Bonchev–Trinajstić information content (AvgIpc) is 2.12. The average molecular weight is 230 g/mol. The number of carbonyl (C=O) groups is 2. The van der Waals surface area contributed by atoms with Gasteiger partial charge < -0.3 is 13.3 Å². The summed E-state index contributed by atoms with van der Waals surface area (Å²) in [4.78, 5) is 21.7. The van der Waals surface area contributed by atoms with E-state index in [1.54, 1.807) is 0 Å². The maximum absolute atomic E-state index is 10.8. The van der Waals surface area contributed by atoms with Crippen molar-refractivity contribution in [3.05, 3.63) is 24.9 Å². The van der Waals surface area contributed by atoms with Gasteiger partial charge in [-0.05, 0) is 0 Å². The molecule has 0 unspecified atom stereocenters. The predicted molar refractivity (Wildman–Crippen MR) is 55.6 cm³/mol. The van der Waals surface area contributed by atoms with Crippen LogP contribution in [0, 0.1) is 0 Å². The monoisotopic (exact) mass is 230 g/mol. The molecule has 15 heavy (non-hydrogen) atoms. The molecule has 0 radical (unpaired) electrons. The fourth-order valence-electron chi connectivity index (χ4n) is 0.798. The minimum atomic E-state index is -3.42. The molecule has 0 aromatic heterocycles. The van der Waals surface area contributed by atoms with Crippen molar-refractivity contribution < 1.29 is 22.9 Å². The first kappa shape index (κ1) is 13.6. The Balaban J connectivity index is 4.72. The van der Waals surface area contributed by atoms with Crippen LogP contribution in [0.3, 0.4) is 0 Å². The Bertz CT molecular complexity index is 258. The SMILES string of the molecule is C=CCO[Si](C=C)(OC(C)=O)OC(C)=O. The van der Waals surface area contributed by atoms with E-state index in [0.717, 1.165) is 0 Å². The molecule has 0 amide bonds. The van der Waals surface area contributed by atoms with Crippen molar-refractivity contribution >= 4 is 20.7 Å². The largest absolute Gasteiger partial charge is 0.665 e. The van der Waals surface area contributed by atoms with Crippen LogP contribution >= 0.6 is 0 Å². The van der Waals surface area contributed by atoms with Gasteiger partial charge in [-0.1, -0.05) is 12.7 Å². The Morgan fingerprint density at radius 3 is 1.93 bits per heavy atom. The summed E-state index contributed by atoms with van der Waals surface area (Å²) in [6.07, 6.45) is 1.46. The zero-order valence-electron chi connectivity index (χ0n) is 8.82. The molecule has 0 aliphatic carbocycles. The van der Waals surface area contributed by atoms with Gasteiger partial charge in [0.15, 0.2) is 0 Å². The topological polar surface area (TPSA) is 61.8 Å². The molecule has 0 spiro atoms. The molecule has 0 bridgehead atoms. The van der Waals surface area contributed by atoms with Crippen molar-refractivity contribution in [1.82, 2.24) is 0 Å². The molecule has 0 aromatic carbocycles. The Morgan fingerprint density at radius 1 is 1.20 bits per heavy atom. The van der Waals surface area contributed by atoms with Crippen LogP contribution in [0.4, 0.5) is 0 Å². The lowest BCUT2D eigenvalue weighted by Crippen LogP contribution is -2.46. The summed E-state index contributed by atoms with van der Waals surface area (Å²) in [7, 11) is -3.42. The number of hydrogen-bond acceptors (Lipinski definition) is 5. The first-order chi connectivity index (χ1) is 6.95. The van der Waals surface area contributed by atoms with E-state index in [0.29, 0.717) is 0 Å². The predicted octanol–water partition coefficient (Wildman–Crippen LogP) is 0.979. The lowest BCUT2D eigenvalue weighted by Gasteiger charge is -2.23. The summed E-state index contributed by atoms with van der Waals surface area (Å²) < 4.78 is 14.9. The van der Waals surface area contributed by atoms with Crippen molar-refractivity contribution in [2.75, 3.05) is 6.61 Å². The third-order valence-electron chi connectivity index (χ3n) is 1.22. The molecule has 0 fully saturated rings. The summed E-state index contributed by atoms with van der Waals surface area (Å²) in [6, 6.07) is 0. The van der Waals surface area contributed by atoms with Gasteiger partial charge in [-0.15, -0.1) is 6.58 Å². The van der Waals surface area contributed by atoms with E-state index in [1.807, 2.05) is 0 Å². The highest BCUT2D eigenvalue weighted by atomic mass is 28.4. The van der Waals surface area contributed by atoms with Gasteiger partial charge in [0.05, 0.1) is 6.61 Å². The van der Waals surface area contributed by atoms with Gasteiger partial charge in [-0.3, -0.25) is 9.59 Å². The molecule has 0 rings (SSSR count). The zero-order chi connectivity index (χ0) is 11.9. The molecule has 0 aromatic rings. The first-order valence-corrected chi connectivity index (χ1v) is 6.03. The Morgan fingerprint density at radius 2 is 1.67 bits per heavy atom. The van der Waals surface area contributed by atoms with Crippen LogP contribution in [0.15, 0.2) is 24.9 Å². The maximum Gasteiger partial charge on any atom is 0.665 e. The van der Waals surface area contributed by atoms with Gasteiger partial charge in [0.1, 0.15) is 0 Å². The molecule has 0 heterocycles. The second-order valence-corrected chi connectivity index (χ2v) is 4.91. The Hall–Kier alpha value is -1.40. The Labute approximate surface area is 89.7 Å². The number of rotatable bonds is 6. The second-order valence-electron chi connectivity index (χ2n) is 2.59. The van der Waals surface area contributed by atoms with E-state index in [9.17, 15) is 9.59 Å². The van der Waals surface area contributed by atoms with Crippen LogP contribution in [-0.4, -0.2) is 27.3 Å². The van der Waals surface area contributed by atoms with Gasteiger partial charge in [-0.25, -0.2) is 0 Å². The fourth-order valence-corrected chi connectivity index (χ4v) is 2.39. The minimum absolute atomic E-state index is 0.110. The van der Waals surface area contributed by atoms with Gasteiger partial charge in [-0.2, -0.15) is 0 Å². The zero-order valence-corrected chi connectivity index (χ0v) is 9.82. The smallest absolute Gasteiger partial charge is 0.461 e. The Kier molecular flexibility index (Phi) is 5.57. The fraction of sp³-hybridized carbons (Fsp3) is 0.333. The van der Waals surface area contributed by atoms with Crippen LogP contribution < -0.4 is 0 Å². The highest BCUT2D eigenvalue weighted by Gasteiger charge is 2.44. The van der Waals surface area contributed by atoms with E-state index < -0.39 is 20.7 Å². The van der Waals surface area contributed by atoms with Gasteiger partial charge in [0.25, 0.3) is 11.9 Å². The lowest BCUT2D eigenvalue weighted by molar-refractivity contribution is -0.142. The summed E-state index contributed by atoms with van der Waals surface area (Å²) in [5.74, 6) is -1.18. The van der Waals surface area contributed by atoms with Crippen LogP contribution in [0.25, 0.3) is 0 Å². The van der Waals surface area contributed by atoms with Crippen molar-refractivity contribution in [1.29, 1.82) is 0 Å². The molecule has 84 valence electrons. The lowest BCUT2D eigenvalue weighted by atomic mass is 10.7.